The number of nitrogens with one attached hydrogen (secondary N) is 2. The molecule has 0 saturated carbocycles. The SMILES string of the molecule is CCn1c(C)cc2cc(NC=C(C#N)c3nn[nH]n3)ccc21. The van der Waals surface area contributed by atoms with Crippen LogP contribution in [0.1, 0.15) is 18.4 Å². The van der Waals surface area contributed by atoms with Gasteiger partial charge in [0, 0.05) is 35.0 Å². The molecule has 22 heavy (non-hydrogen) atoms. The van der Waals surface area contributed by atoms with E-state index in [1.54, 1.807) is 6.20 Å². The van der Waals surface area contributed by atoms with Gasteiger partial charge in [0.2, 0.25) is 5.82 Å². The van der Waals surface area contributed by atoms with Crippen molar-refractivity contribution < 1.29 is 0 Å². The third kappa shape index (κ3) is 2.42. The third-order valence-corrected chi connectivity index (χ3v) is 3.51. The molecule has 7 nitrogen and oxygen atoms in total. The van der Waals surface area contributed by atoms with Gasteiger partial charge in [-0.05, 0) is 43.3 Å². The zero-order valence-corrected chi connectivity index (χ0v) is 12.3. The van der Waals surface area contributed by atoms with Crippen LogP contribution in [0.15, 0.2) is 30.5 Å². The number of fused-ring (bicyclic) bond motifs is 1. The minimum atomic E-state index is 0.268. The molecule has 0 bridgehead atoms. The molecule has 0 aliphatic carbocycles. The third-order valence-electron chi connectivity index (χ3n) is 3.51. The Morgan fingerprint density at radius 1 is 1.45 bits per heavy atom. The number of allylic oxidation sites excluding steroid dienone is 1. The van der Waals surface area contributed by atoms with E-state index < -0.39 is 0 Å². The van der Waals surface area contributed by atoms with Crippen LogP contribution < -0.4 is 5.32 Å². The molecule has 110 valence electrons. The molecule has 3 rings (SSSR count). The Labute approximate surface area is 127 Å². The number of hydrogen-bond donors (Lipinski definition) is 2. The van der Waals surface area contributed by atoms with Gasteiger partial charge in [-0.2, -0.15) is 10.5 Å². The van der Waals surface area contributed by atoms with E-state index in [4.69, 9.17) is 5.26 Å². The Morgan fingerprint density at radius 2 is 2.32 bits per heavy atom. The second-order valence-electron chi connectivity index (χ2n) is 4.85. The summed E-state index contributed by atoms with van der Waals surface area (Å²) in [6.07, 6.45) is 1.58. The Hall–Kier alpha value is -3.14. The van der Waals surface area contributed by atoms with Crippen molar-refractivity contribution in [2.24, 2.45) is 0 Å². The van der Waals surface area contributed by atoms with E-state index in [1.165, 1.54) is 11.2 Å². The lowest BCUT2D eigenvalue weighted by molar-refractivity contribution is 0.770. The van der Waals surface area contributed by atoms with E-state index in [0.717, 1.165) is 17.6 Å². The molecular weight excluding hydrogens is 278 g/mol. The van der Waals surface area contributed by atoms with Crippen LogP contribution in [0.4, 0.5) is 5.69 Å². The first-order chi connectivity index (χ1) is 10.7. The summed E-state index contributed by atoms with van der Waals surface area (Å²) in [5.41, 5.74) is 3.65. The molecule has 0 saturated heterocycles. The summed E-state index contributed by atoms with van der Waals surface area (Å²) in [5, 5.41) is 26.8. The van der Waals surface area contributed by atoms with Gasteiger partial charge >= 0.3 is 0 Å². The average molecular weight is 293 g/mol. The number of H-pyrrole nitrogens is 1. The summed E-state index contributed by atoms with van der Waals surface area (Å²) in [4.78, 5) is 0. The van der Waals surface area contributed by atoms with Gasteiger partial charge in [-0.15, -0.1) is 10.2 Å². The summed E-state index contributed by atoms with van der Waals surface area (Å²) in [5.74, 6) is 0.268. The first kappa shape index (κ1) is 13.8. The smallest absolute Gasteiger partial charge is 0.216 e. The minimum absolute atomic E-state index is 0.268. The van der Waals surface area contributed by atoms with E-state index >= 15 is 0 Å². The molecule has 3 aromatic rings. The monoisotopic (exact) mass is 293 g/mol. The highest BCUT2D eigenvalue weighted by Gasteiger charge is 2.07. The Kier molecular flexibility index (Phi) is 3.58. The van der Waals surface area contributed by atoms with Gasteiger partial charge in [0.1, 0.15) is 11.6 Å². The quantitative estimate of drug-likeness (QED) is 0.720. The van der Waals surface area contributed by atoms with Crippen LogP contribution in [-0.2, 0) is 6.54 Å². The van der Waals surface area contributed by atoms with Crippen LogP contribution in [0.2, 0.25) is 0 Å². The van der Waals surface area contributed by atoms with Gasteiger partial charge in [0.15, 0.2) is 0 Å². The highest BCUT2D eigenvalue weighted by Crippen LogP contribution is 2.23. The molecule has 2 heterocycles. The first-order valence-electron chi connectivity index (χ1n) is 6.93. The molecule has 0 aliphatic heterocycles. The van der Waals surface area contributed by atoms with Crippen molar-refractivity contribution in [2.75, 3.05) is 5.32 Å². The number of aromatic amines is 1. The fourth-order valence-electron chi connectivity index (χ4n) is 2.50. The molecule has 0 radical (unpaired) electrons. The van der Waals surface area contributed by atoms with E-state index in [1.807, 2.05) is 12.1 Å². The highest BCUT2D eigenvalue weighted by molar-refractivity contribution is 5.85. The van der Waals surface area contributed by atoms with Gasteiger partial charge in [-0.25, -0.2) is 0 Å². The number of aryl methyl sites for hydroxylation is 2. The molecule has 2 N–H and O–H groups in total. The summed E-state index contributed by atoms with van der Waals surface area (Å²) in [7, 11) is 0. The Morgan fingerprint density at radius 3 is 3.00 bits per heavy atom. The largest absolute Gasteiger partial charge is 0.360 e. The number of aromatic nitrogens is 5. The lowest BCUT2D eigenvalue weighted by atomic mass is 10.2. The van der Waals surface area contributed by atoms with Crippen molar-refractivity contribution in [2.45, 2.75) is 20.4 Å². The van der Waals surface area contributed by atoms with Gasteiger partial charge in [0.05, 0.1) is 0 Å². The van der Waals surface area contributed by atoms with Gasteiger partial charge < -0.3 is 9.88 Å². The topological polar surface area (TPSA) is 95.2 Å². The summed E-state index contributed by atoms with van der Waals surface area (Å²) in [6, 6.07) is 10.3. The number of benzene rings is 1. The molecule has 0 unspecified atom stereocenters. The number of nitrogens with zero attached hydrogens (tertiary/aromatic N) is 5. The molecular formula is C15H15N7. The fourth-order valence-corrected chi connectivity index (χ4v) is 2.50. The number of nitriles is 1. The number of hydrogen-bond acceptors (Lipinski definition) is 5. The summed E-state index contributed by atoms with van der Waals surface area (Å²) < 4.78 is 2.26. The molecule has 0 atom stereocenters. The normalized spacial score (nSPS) is 11.6. The Balaban J connectivity index is 1.90. The van der Waals surface area contributed by atoms with Gasteiger partial charge in [0.25, 0.3) is 0 Å². The fraction of sp³-hybridized carbons (Fsp3) is 0.200. The summed E-state index contributed by atoms with van der Waals surface area (Å²) in [6.45, 7) is 5.17. The first-order valence-corrected chi connectivity index (χ1v) is 6.93. The average Bonchev–Trinajstić information content (AvgIpc) is 3.14. The van der Waals surface area contributed by atoms with E-state index in [9.17, 15) is 0 Å². The predicted molar refractivity (Wildman–Crippen MR) is 83.7 cm³/mol. The van der Waals surface area contributed by atoms with Crippen molar-refractivity contribution in [3.8, 4) is 6.07 Å². The lowest BCUT2D eigenvalue weighted by Gasteiger charge is -2.05. The zero-order chi connectivity index (χ0) is 15.5. The van der Waals surface area contributed by atoms with Crippen molar-refractivity contribution >= 4 is 22.2 Å². The molecule has 2 aromatic heterocycles. The van der Waals surface area contributed by atoms with E-state index in [-0.39, 0.29) is 5.82 Å². The second-order valence-corrected chi connectivity index (χ2v) is 4.85. The standard InChI is InChI=1S/C15H15N7/c1-3-22-10(2)6-11-7-13(4-5-14(11)22)17-9-12(8-16)15-18-20-21-19-15/h4-7,9,17H,3H2,1-2H3,(H,18,19,20,21). The van der Waals surface area contributed by atoms with Crippen LogP contribution in [0.5, 0.6) is 0 Å². The predicted octanol–water partition coefficient (Wildman–Crippen LogP) is 2.46. The molecule has 0 fully saturated rings. The van der Waals surface area contributed by atoms with Crippen LogP contribution in [0, 0.1) is 18.3 Å². The minimum Gasteiger partial charge on any atom is -0.360 e. The summed E-state index contributed by atoms with van der Waals surface area (Å²) >= 11 is 0. The molecule has 7 heteroatoms. The van der Waals surface area contributed by atoms with Crippen molar-refractivity contribution in [3.63, 3.8) is 0 Å². The number of anilines is 1. The van der Waals surface area contributed by atoms with Crippen LogP contribution in [-0.4, -0.2) is 25.2 Å². The van der Waals surface area contributed by atoms with Crippen molar-refractivity contribution in [1.82, 2.24) is 25.2 Å². The molecule has 0 spiro atoms. The van der Waals surface area contributed by atoms with Crippen LogP contribution in [0.3, 0.4) is 0 Å². The maximum absolute atomic E-state index is 9.14. The highest BCUT2D eigenvalue weighted by atomic mass is 15.5. The van der Waals surface area contributed by atoms with Gasteiger partial charge in [-0.1, -0.05) is 0 Å². The number of rotatable bonds is 4. The second kappa shape index (κ2) is 5.69. The number of tetrazole rings is 1. The maximum atomic E-state index is 9.14. The Bertz CT molecular complexity index is 865. The molecule has 0 aliphatic rings. The van der Waals surface area contributed by atoms with Crippen LogP contribution in [0.25, 0.3) is 16.5 Å². The molecule has 0 amide bonds. The van der Waals surface area contributed by atoms with Crippen molar-refractivity contribution in [3.05, 3.63) is 42.0 Å². The molecule has 1 aromatic carbocycles. The van der Waals surface area contributed by atoms with E-state index in [2.05, 4.69) is 62.6 Å². The lowest BCUT2D eigenvalue weighted by Crippen LogP contribution is -1.96. The van der Waals surface area contributed by atoms with Gasteiger partial charge in [-0.3, -0.25) is 0 Å². The zero-order valence-electron chi connectivity index (χ0n) is 12.3. The van der Waals surface area contributed by atoms with Crippen LogP contribution >= 0.6 is 0 Å². The van der Waals surface area contributed by atoms with E-state index in [0.29, 0.717) is 5.57 Å². The van der Waals surface area contributed by atoms with Crippen molar-refractivity contribution in [1.29, 1.82) is 5.26 Å². The maximum Gasteiger partial charge on any atom is 0.216 e.